The first-order chi connectivity index (χ1) is 13.9. The standard InChI is InChI=1S/C23H23N3O3/c1-13(27)12-26-21-22(28)24-19-10-9-16(20-14(2)25-29-15(20)3)11-18(19)23(21,26)17-7-5-4-6-8-17/h4-11,13,21,27H,12H2,1-3H3,(H,24,28)/t13-,21?,23?,26?/m0/s1. The second-order valence-corrected chi connectivity index (χ2v) is 7.99. The molecule has 29 heavy (non-hydrogen) atoms. The van der Waals surface area contributed by atoms with Crippen LogP contribution >= 0.6 is 0 Å². The summed E-state index contributed by atoms with van der Waals surface area (Å²) in [5.74, 6) is 0.733. The molecule has 6 heteroatoms. The average molecular weight is 389 g/mol. The van der Waals surface area contributed by atoms with Gasteiger partial charge in [-0.2, -0.15) is 0 Å². The summed E-state index contributed by atoms with van der Waals surface area (Å²) < 4.78 is 5.37. The Morgan fingerprint density at radius 2 is 2.00 bits per heavy atom. The molecule has 6 nitrogen and oxygen atoms in total. The molecule has 1 aromatic heterocycles. The summed E-state index contributed by atoms with van der Waals surface area (Å²) in [5.41, 5.74) is 5.14. The summed E-state index contributed by atoms with van der Waals surface area (Å²) >= 11 is 0. The second-order valence-electron chi connectivity index (χ2n) is 7.99. The van der Waals surface area contributed by atoms with Crippen molar-refractivity contribution in [2.45, 2.75) is 38.5 Å². The van der Waals surface area contributed by atoms with Gasteiger partial charge in [-0.05, 0) is 44.0 Å². The predicted octanol–water partition coefficient (Wildman–Crippen LogP) is 3.22. The van der Waals surface area contributed by atoms with Crippen LogP contribution in [-0.4, -0.2) is 39.8 Å². The minimum absolute atomic E-state index is 0.0351. The third-order valence-corrected chi connectivity index (χ3v) is 6.03. The molecule has 2 N–H and O–H groups in total. The smallest absolute Gasteiger partial charge is 0.244 e. The zero-order valence-electron chi connectivity index (χ0n) is 16.6. The number of nitrogens with one attached hydrogen (secondary N) is 1. The van der Waals surface area contributed by atoms with Gasteiger partial charge in [0.05, 0.1) is 17.3 Å². The Bertz CT molecular complexity index is 1090. The van der Waals surface area contributed by atoms with Crippen LogP contribution in [0.1, 0.15) is 29.5 Å². The molecule has 2 aliphatic rings. The maximum atomic E-state index is 12.9. The number of nitrogens with zero attached hydrogens (tertiary/aromatic N) is 2. The number of benzene rings is 2. The van der Waals surface area contributed by atoms with Crippen molar-refractivity contribution in [1.29, 1.82) is 0 Å². The number of fused-ring (bicyclic) bond motifs is 3. The van der Waals surface area contributed by atoms with Gasteiger partial charge in [0, 0.05) is 23.4 Å². The van der Waals surface area contributed by atoms with E-state index < -0.39 is 11.6 Å². The predicted molar refractivity (Wildman–Crippen MR) is 109 cm³/mol. The fraction of sp³-hybridized carbons (Fsp3) is 0.304. The molecule has 2 aliphatic heterocycles. The van der Waals surface area contributed by atoms with Crippen LogP contribution in [-0.2, 0) is 10.3 Å². The van der Waals surface area contributed by atoms with Gasteiger partial charge >= 0.3 is 0 Å². The van der Waals surface area contributed by atoms with Crippen molar-refractivity contribution in [3.8, 4) is 11.1 Å². The fourth-order valence-electron chi connectivity index (χ4n) is 4.90. The Kier molecular flexibility index (Phi) is 3.91. The van der Waals surface area contributed by atoms with Gasteiger partial charge in [0.1, 0.15) is 11.8 Å². The number of rotatable bonds is 4. The molecular weight excluding hydrogens is 366 g/mol. The number of anilines is 1. The minimum Gasteiger partial charge on any atom is -0.392 e. The number of amides is 1. The molecule has 0 radical (unpaired) electrons. The average Bonchev–Trinajstić information content (AvgIpc) is 3.25. The number of aromatic nitrogens is 1. The molecular formula is C23H23N3O3. The number of aryl methyl sites for hydroxylation is 2. The Balaban J connectivity index is 1.74. The van der Waals surface area contributed by atoms with Crippen LogP contribution < -0.4 is 5.32 Å². The fourth-order valence-corrected chi connectivity index (χ4v) is 4.90. The van der Waals surface area contributed by atoms with E-state index in [9.17, 15) is 9.90 Å². The first kappa shape index (κ1) is 18.1. The maximum absolute atomic E-state index is 12.9. The summed E-state index contributed by atoms with van der Waals surface area (Å²) in [6, 6.07) is 15.8. The Hall–Kier alpha value is -2.96. The van der Waals surface area contributed by atoms with E-state index in [0.29, 0.717) is 6.54 Å². The van der Waals surface area contributed by atoms with Crippen LogP contribution in [0.15, 0.2) is 53.1 Å². The van der Waals surface area contributed by atoms with E-state index in [-0.39, 0.29) is 11.9 Å². The zero-order chi connectivity index (χ0) is 20.3. The molecule has 3 unspecified atom stereocenters. The lowest BCUT2D eigenvalue weighted by molar-refractivity contribution is -0.116. The SMILES string of the molecule is Cc1noc(C)c1-c1ccc2c(c1)C1(c3ccccc3)C(C(=O)N2)N1C[C@H](C)O. The largest absolute Gasteiger partial charge is 0.392 e. The van der Waals surface area contributed by atoms with Crippen molar-refractivity contribution in [3.63, 3.8) is 0 Å². The molecule has 0 saturated carbocycles. The van der Waals surface area contributed by atoms with E-state index in [1.165, 1.54) is 0 Å². The lowest BCUT2D eigenvalue weighted by Gasteiger charge is -2.26. The molecule has 148 valence electrons. The van der Waals surface area contributed by atoms with E-state index in [1.807, 2.05) is 44.2 Å². The van der Waals surface area contributed by atoms with Crippen LogP contribution in [0, 0.1) is 13.8 Å². The van der Waals surface area contributed by atoms with E-state index >= 15 is 0 Å². The number of carbonyl (C=O) groups excluding carboxylic acids is 1. The molecule has 0 aliphatic carbocycles. The van der Waals surface area contributed by atoms with Crippen molar-refractivity contribution in [1.82, 2.24) is 10.1 Å². The first-order valence-corrected chi connectivity index (χ1v) is 9.83. The molecule has 2 aromatic carbocycles. The van der Waals surface area contributed by atoms with E-state index in [1.54, 1.807) is 6.92 Å². The third kappa shape index (κ3) is 2.49. The summed E-state index contributed by atoms with van der Waals surface area (Å²) in [4.78, 5) is 15.0. The number of aliphatic hydroxyl groups is 1. The van der Waals surface area contributed by atoms with Crippen molar-refractivity contribution in [3.05, 3.63) is 71.1 Å². The van der Waals surface area contributed by atoms with Gasteiger partial charge in [-0.1, -0.05) is 41.6 Å². The first-order valence-electron chi connectivity index (χ1n) is 9.83. The summed E-state index contributed by atoms with van der Waals surface area (Å²) in [7, 11) is 0. The second kappa shape index (κ2) is 6.27. The van der Waals surface area contributed by atoms with E-state index in [4.69, 9.17) is 4.52 Å². The molecule has 5 rings (SSSR count). The lowest BCUT2D eigenvalue weighted by Crippen LogP contribution is -2.32. The van der Waals surface area contributed by atoms with Gasteiger partial charge in [0.2, 0.25) is 5.91 Å². The van der Waals surface area contributed by atoms with E-state index in [0.717, 1.165) is 39.4 Å². The van der Waals surface area contributed by atoms with Crippen molar-refractivity contribution < 1.29 is 14.4 Å². The Morgan fingerprint density at radius 3 is 2.66 bits per heavy atom. The molecule has 4 atom stereocenters. The number of carbonyl (C=O) groups is 1. The Morgan fingerprint density at radius 1 is 1.24 bits per heavy atom. The molecule has 1 amide bonds. The monoisotopic (exact) mass is 389 g/mol. The van der Waals surface area contributed by atoms with Gasteiger partial charge in [0.25, 0.3) is 0 Å². The van der Waals surface area contributed by atoms with Crippen molar-refractivity contribution in [2.24, 2.45) is 0 Å². The highest BCUT2D eigenvalue weighted by atomic mass is 16.5. The number of hydrogen-bond donors (Lipinski definition) is 2. The van der Waals surface area contributed by atoms with E-state index in [2.05, 4.69) is 33.6 Å². The van der Waals surface area contributed by atoms with Crippen LogP contribution in [0.2, 0.25) is 0 Å². The van der Waals surface area contributed by atoms with Crippen molar-refractivity contribution in [2.75, 3.05) is 11.9 Å². The highest BCUT2D eigenvalue weighted by Gasteiger charge is 2.70. The highest BCUT2D eigenvalue weighted by Crippen LogP contribution is 2.59. The molecule has 3 heterocycles. The zero-order valence-corrected chi connectivity index (χ0v) is 16.6. The molecule has 3 aromatic rings. The lowest BCUT2D eigenvalue weighted by atomic mass is 9.82. The van der Waals surface area contributed by atoms with Crippen LogP contribution in [0.25, 0.3) is 11.1 Å². The number of aliphatic hydroxyl groups excluding tert-OH is 1. The van der Waals surface area contributed by atoms with Gasteiger partial charge in [0.15, 0.2) is 0 Å². The highest BCUT2D eigenvalue weighted by molar-refractivity contribution is 6.04. The summed E-state index contributed by atoms with van der Waals surface area (Å²) in [6.45, 7) is 6.01. The molecule has 0 spiro atoms. The normalized spacial score (nSPS) is 25.7. The van der Waals surface area contributed by atoms with Gasteiger partial charge < -0.3 is 14.9 Å². The van der Waals surface area contributed by atoms with Gasteiger partial charge in [-0.25, -0.2) is 0 Å². The van der Waals surface area contributed by atoms with Crippen LogP contribution in [0.5, 0.6) is 0 Å². The molecule has 0 bridgehead atoms. The van der Waals surface area contributed by atoms with Crippen LogP contribution in [0.4, 0.5) is 5.69 Å². The quantitative estimate of drug-likeness (QED) is 0.670. The maximum Gasteiger partial charge on any atom is 0.244 e. The topological polar surface area (TPSA) is 78.4 Å². The number of hydrogen-bond acceptors (Lipinski definition) is 5. The van der Waals surface area contributed by atoms with Crippen LogP contribution in [0.3, 0.4) is 0 Å². The number of β-amino-alcohol motifs (C(OH)–C–C–N with tert-alkyl or cyclic N) is 1. The van der Waals surface area contributed by atoms with Gasteiger partial charge in [-0.3, -0.25) is 9.69 Å². The summed E-state index contributed by atoms with van der Waals surface area (Å²) in [6.07, 6.45) is -0.539. The molecule has 1 fully saturated rings. The Labute approximate surface area is 169 Å². The molecule has 1 saturated heterocycles. The van der Waals surface area contributed by atoms with Gasteiger partial charge in [-0.15, -0.1) is 0 Å². The summed E-state index contributed by atoms with van der Waals surface area (Å²) in [5, 5.41) is 17.2. The minimum atomic E-state index is -0.578. The van der Waals surface area contributed by atoms with Crippen molar-refractivity contribution >= 4 is 11.6 Å². The third-order valence-electron chi connectivity index (χ3n) is 6.03.